The molecule has 0 radical (unpaired) electrons. The van der Waals surface area contributed by atoms with Crippen molar-refractivity contribution in [3.8, 4) is 0 Å². The smallest absolute Gasteiger partial charge is 0.151 e. The lowest BCUT2D eigenvalue weighted by atomic mass is 10.3. The molecule has 2 aromatic heterocycles. The molecule has 0 saturated carbocycles. The molecular formula is C14H16BrN3S. The summed E-state index contributed by atoms with van der Waals surface area (Å²) in [7, 11) is 0. The van der Waals surface area contributed by atoms with E-state index >= 15 is 0 Å². The van der Waals surface area contributed by atoms with Crippen LogP contribution in [-0.4, -0.2) is 18.1 Å². The van der Waals surface area contributed by atoms with Crippen LogP contribution in [0.15, 0.2) is 34.2 Å². The van der Waals surface area contributed by atoms with Crippen molar-refractivity contribution < 1.29 is 0 Å². The number of rotatable bonds is 4. The topological polar surface area (TPSA) is 28.2 Å². The first-order chi connectivity index (χ1) is 9.33. The third kappa shape index (κ3) is 3.09. The Labute approximate surface area is 125 Å². The third-order valence-electron chi connectivity index (χ3n) is 3.27. The number of hydrogen-bond donors (Lipinski definition) is 1. The summed E-state index contributed by atoms with van der Waals surface area (Å²) in [5.74, 6) is 1.09. The van der Waals surface area contributed by atoms with Crippen molar-refractivity contribution in [1.82, 2.24) is 4.98 Å². The quantitative estimate of drug-likeness (QED) is 0.909. The summed E-state index contributed by atoms with van der Waals surface area (Å²) in [4.78, 5) is 8.23. The first-order valence-corrected chi connectivity index (χ1v) is 8.12. The zero-order valence-corrected chi connectivity index (χ0v) is 13.0. The van der Waals surface area contributed by atoms with Crippen LogP contribution in [-0.2, 0) is 6.54 Å². The molecule has 1 fully saturated rings. The van der Waals surface area contributed by atoms with Gasteiger partial charge in [0.1, 0.15) is 0 Å². The molecule has 0 aromatic carbocycles. The lowest BCUT2D eigenvalue weighted by molar-refractivity contribution is 0.935. The molecule has 0 amide bonds. The summed E-state index contributed by atoms with van der Waals surface area (Å²) < 4.78 is 1.18. The summed E-state index contributed by atoms with van der Waals surface area (Å²) in [5, 5.41) is 3.51. The van der Waals surface area contributed by atoms with E-state index in [2.05, 4.69) is 49.3 Å². The Bertz CT molecular complexity index is 549. The number of thiophene rings is 1. The Hall–Kier alpha value is -1.07. The molecule has 0 aliphatic carbocycles. The van der Waals surface area contributed by atoms with Crippen molar-refractivity contribution in [3.05, 3.63) is 39.1 Å². The minimum absolute atomic E-state index is 0.850. The zero-order chi connectivity index (χ0) is 13.1. The van der Waals surface area contributed by atoms with Crippen LogP contribution in [0.2, 0.25) is 0 Å². The van der Waals surface area contributed by atoms with Gasteiger partial charge in [-0.3, -0.25) is 0 Å². The molecule has 3 nitrogen and oxygen atoms in total. The van der Waals surface area contributed by atoms with Gasteiger partial charge in [-0.25, -0.2) is 4.98 Å². The minimum atomic E-state index is 0.850. The highest BCUT2D eigenvalue weighted by molar-refractivity contribution is 9.11. The molecule has 5 heteroatoms. The largest absolute Gasteiger partial charge is 0.377 e. The van der Waals surface area contributed by atoms with Crippen LogP contribution in [0.3, 0.4) is 0 Å². The van der Waals surface area contributed by atoms with E-state index in [9.17, 15) is 0 Å². The number of halogens is 1. The van der Waals surface area contributed by atoms with Crippen LogP contribution in [0.1, 0.15) is 17.7 Å². The minimum Gasteiger partial charge on any atom is -0.377 e. The van der Waals surface area contributed by atoms with Gasteiger partial charge in [0.15, 0.2) is 5.82 Å². The van der Waals surface area contributed by atoms with Crippen molar-refractivity contribution in [2.24, 2.45) is 0 Å². The van der Waals surface area contributed by atoms with Crippen molar-refractivity contribution >= 4 is 38.8 Å². The molecule has 3 rings (SSSR count). The summed E-state index contributed by atoms with van der Waals surface area (Å²) in [6.07, 6.45) is 4.42. The summed E-state index contributed by atoms with van der Waals surface area (Å²) in [6, 6.07) is 8.34. The number of anilines is 2. The highest BCUT2D eigenvalue weighted by Crippen LogP contribution is 2.28. The molecule has 1 N–H and O–H groups in total. The van der Waals surface area contributed by atoms with Crippen LogP contribution in [0, 0.1) is 0 Å². The number of hydrogen-bond acceptors (Lipinski definition) is 4. The predicted octanol–water partition coefficient (Wildman–Crippen LogP) is 4.12. The lowest BCUT2D eigenvalue weighted by Crippen LogP contribution is -2.20. The average Bonchev–Trinajstić information content (AvgIpc) is 3.08. The zero-order valence-electron chi connectivity index (χ0n) is 10.6. The molecule has 19 heavy (non-hydrogen) atoms. The standard InChI is InChI=1S/C14H16BrN3S/c15-13-6-5-11(19-13)10-17-12-4-3-7-16-14(12)18-8-1-2-9-18/h3-7,17H,1-2,8-10H2. The van der Waals surface area contributed by atoms with Crippen LogP contribution in [0.25, 0.3) is 0 Å². The molecule has 0 spiro atoms. The molecule has 0 bridgehead atoms. The second-order valence-corrected chi connectivity index (χ2v) is 7.18. The fourth-order valence-electron chi connectivity index (χ4n) is 2.34. The molecule has 1 aliphatic heterocycles. The van der Waals surface area contributed by atoms with Crippen LogP contribution >= 0.6 is 27.3 Å². The second kappa shape index (κ2) is 5.92. The van der Waals surface area contributed by atoms with Gasteiger partial charge in [0.05, 0.1) is 9.47 Å². The maximum Gasteiger partial charge on any atom is 0.151 e. The Morgan fingerprint density at radius 2 is 2.11 bits per heavy atom. The van der Waals surface area contributed by atoms with Gasteiger partial charge in [0.25, 0.3) is 0 Å². The van der Waals surface area contributed by atoms with Crippen molar-refractivity contribution in [3.63, 3.8) is 0 Å². The summed E-state index contributed by atoms with van der Waals surface area (Å²) in [5.41, 5.74) is 1.13. The number of nitrogens with zero attached hydrogens (tertiary/aromatic N) is 2. The first-order valence-electron chi connectivity index (χ1n) is 6.51. The highest BCUT2D eigenvalue weighted by atomic mass is 79.9. The molecular weight excluding hydrogens is 322 g/mol. The second-order valence-electron chi connectivity index (χ2n) is 4.63. The van der Waals surface area contributed by atoms with Crippen LogP contribution < -0.4 is 10.2 Å². The summed E-state index contributed by atoms with van der Waals surface area (Å²) in [6.45, 7) is 3.09. The SMILES string of the molecule is Brc1ccc(CNc2cccnc2N2CCCC2)s1. The molecule has 0 atom stereocenters. The van der Waals surface area contributed by atoms with E-state index in [0.29, 0.717) is 0 Å². The Balaban J connectivity index is 1.73. The van der Waals surface area contributed by atoms with Gasteiger partial charge >= 0.3 is 0 Å². The molecule has 2 aromatic rings. The lowest BCUT2D eigenvalue weighted by Gasteiger charge is -2.20. The molecule has 3 heterocycles. The number of pyridine rings is 1. The van der Waals surface area contributed by atoms with E-state index in [4.69, 9.17) is 0 Å². The van der Waals surface area contributed by atoms with Crippen LogP contribution in [0.4, 0.5) is 11.5 Å². The molecule has 1 saturated heterocycles. The highest BCUT2D eigenvalue weighted by Gasteiger charge is 2.16. The van der Waals surface area contributed by atoms with Crippen molar-refractivity contribution in [1.29, 1.82) is 0 Å². The molecule has 1 aliphatic rings. The number of aromatic nitrogens is 1. The monoisotopic (exact) mass is 337 g/mol. The van der Waals surface area contributed by atoms with Gasteiger partial charge in [-0.05, 0) is 53.0 Å². The van der Waals surface area contributed by atoms with Gasteiger partial charge in [-0.2, -0.15) is 0 Å². The number of nitrogens with one attached hydrogen (secondary N) is 1. The van der Waals surface area contributed by atoms with Gasteiger partial charge in [0, 0.05) is 30.7 Å². The normalized spacial score (nSPS) is 14.9. The predicted molar refractivity (Wildman–Crippen MR) is 85.0 cm³/mol. The Kier molecular flexibility index (Phi) is 4.03. The van der Waals surface area contributed by atoms with Gasteiger partial charge in [-0.15, -0.1) is 11.3 Å². The van der Waals surface area contributed by atoms with Gasteiger partial charge in [0.2, 0.25) is 0 Å². The van der Waals surface area contributed by atoms with Crippen molar-refractivity contribution in [2.75, 3.05) is 23.3 Å². The maximum atomic E-state index is 4.54. The van der Waals surface area contributed by atoms with E-state index < -0.39 is 0 Å². The van der Waals surface area contributed by atoms with E-state index in [0.717, 1.165) is 31.1 Å². The maximum absolute atomic E-state index is 4.54. The van der Waals surface area contributed by atoms with Gasteiger partial charge < -0.3 is 10.2 Å². The van der Waals surface area contributed by atoms with Gasteiger partial charge in [-0.1, -0.05) is 0 Å². The van der Waals surface area contributed by atoms with E-state index in [1.54, 1.807) is 11.3 Å². The van der Waals surface area contributed by atoms with Crippen molar-refractivity contribution in [2.45, 2.75) is 19.4 Å². The Morgan fingerprint density at radius 1 is 1.26 bits per heavy atom. The summed E-state index contributed by atoms with van der Waals surface area (Å²) >= 11 is 5.26. The fraction of sp³-hybridized carbons (Fsp3) is 0.357. The third-order valence-corrected chi connectivity index (χ3v) is 4.90. The average molecular weight is 338 g/mol. The van der Waals surface area contributed by atoms with E-state index in [-0.39, 0.29) is 0 Å². The van der Waals surface area contributed by atoms with E-state index in [1.807, 2.05) is 12.3 Å². The van der Waals surface area contributed by atoms with Crippen LogP contribution in [0.5, 0.6) is 0 Å². The first kappa shape index (κ1) is 12.9. The molecule has 0 unspecified atom stereocenters. The van der Waals surface area contributed by atoms with E-state index in [1.165, 1.54) is 21.5 Å². The fourth-order valence-corrected chi connectivity index (χ4v) is 3.77. The Morgan fingerprint density at radius 3 is 2.84 bits per heavy atom. The molecule has 100 valence electrons.